The zero-order chi connectivity index (χ0) is 11.7. The molecule has 1 aromatic carbocycles. The van der Waals surface area contributed by atoms with Crippen molar-refractivity contribution in [1.29, 1.82) is 0 Å². The average Bonchev–Trinajstić information content (AvgIpc) is 2.39. The van der Waals surface area contributed by atoms with Crippen molar-refractivity contribution in [3.63, 3.8) is 0 Å². The van der Waals surface area contributed by atoms with E-state index in [2.05, 4.69) is 52.1 Å². The number of morpholine rings is 1. The molecule has 1 saturated heterocycles. The van der Waals surface area contributed by atoms with Crippen molar-refractivity contribution in [2.75, 3.05) is 31.2 Å². The predicted molar refractivity (Wildman–Crippen MR) is 70.2 cm³/mol. The van der Waals surface area contributed by atoms with Gasteiger partial charge in [0.05, 0.1) is 0 Å². The molecule has 0 aliphatic carbocycles. The molecule has 0 N–H and O–H groups in total. The summed E-state index contributed by atoms with van der Waals surface area (Å²) in [6.07, 6.45) is 0. The molecule has 2 heterocycles. The van der Waals surface area contributed by atoms with E-state index in [0.29, 0.717) is 0 Å². The Labute approximate surface area is 109 Å². The molecule has 0 bridgehead atoms. The van der Waals surface area contributed by atoms with E-state index in [-0.39, 0.29) is 0 Å². The predicted octanol–water partition coefficient (Wildman–Crippen LogP) is 0.865. The summed E-state index contributed by atoms with van der Waals surface area (Å²) in [6, 6.07) is 10.5. The maximum absolute atomic E-state index is 5.35. The standard InChI is InChI=1S/C13H13AsN2O/c14-11-2-3-12-10(9-11)1-4-13(15-12)16-5-7-17-8-6-16/h1-4,9H,5-8H2. The summed E-state index contributed by atoms with van der Waals surface area (Å²) in [5, 5.41) is 1.19. The van der Waals surface area contributed by atoms with Crippen LogP contribution in [0, 0.1) is 0 Å². The van der Waals surface area contributed by atoms with Crippen molar-refractivity contribution in [1.82, 2.24) is 4.98 Å². The van der Waals surface area contributed by atoms with Crippen LogP contribution >= 0.6 is 0 Å². The molecule has 86 valence electrons. The van der Waals surface area contributed by atoms with Gasteiger partial charge in [0, 0.05) is 0 Å². The quantitative estimate of drug-likeness (QED) is 0.728. The number of aromatic nitrogens is 1. The minimum absolute atomic E-state index is 0.797. The van der Waals surface area contributed by atoms with E-state index >= 15 is 0 Å². The van der Waals surface area contributed by atoms with Gasteiger partial charge in [0.2, 0.25) is 0 Å². The molecule has 0 saturated carbocycles. The van der Waals surface area contributed by atoms with Crippen molar-refractivity contribution in [2.45, 2.75) is 0 Å². The summed E-state index contributed by atoms with van der Waals surface area (Å²) in [4.78, 5) is 6.98. The molecule has 0 spiro atoms. The molecular formula is C13H13AsN2O. The minimum atomic E-state index is 0.797. The Morgan fingerprint density at radius 2 is 1.94 bits per heavy atom. The Morgan fingerprint density at radius 3 is 2.76 bits per heavy atom. The molecule has 0 unspecified atom stereocenters. The van der Waals surface area contributed by atoms with Crippen LogP contribution in [0.2, 0.25) is 0 Å². The van der Waals surface area contributed by atoms with E-state index in [1.165, 1.54) is 9.74 Å². The number of pyridine rings is 1. The molecule has 1 aromatic heterocycles. The van der Waals surface area contributed by atoms with Crippen molar-refractivity contribution in [3.05, 3.63) is 30.3 Å². The first-order valence-electron chi connectivity index (χ1n) is 5.75. The summed E-state index contributed by atoms with van der Waals surface area (Å²) in [6.45, 7) is 3.46. The van der Waals surface area contributed by atoms with E-state index in [1.54, 1.807) is 0 Å². The maximum atomic E-state index is 5.35. The molecule has 2 radical (unpaired) electrons. The molecule has 3 rings (SSSR count). The second-order valence-corrected chi connectivity index (χ2v) is 5.23. The van der Waals surface area contributed by atoms with Crippen LogP contribution in [-0.2, 0) is 4.74 Å². The van der Waals surface area contributed by atoms with Crippen LogP contribution in [0.4, 0.5) is 5.82 Å². The van der Waals surface area contributed by atoms with Gasteiger partial charge in [-0.1, -0.05) is 0 Å². The number of hydrogen-bond acceptors (Lipinski definition) is 3. The van der Waals surface area contributed by atoms with Crippen LogP contribution in [0.1, 0.15) is 0 Å². The Kier molecular flexibility index (Phi) is 3.04. The fraction of sp³-hybridized carbons (Fsp3) is 0.308. The molecule has 17 heavy (non-hydrogen) atoms. The molecule has 1 aliphatic rings. The van der Waals surface area contributed by atoms with Gasteiger partial charge in [-0.3, -0.25) is 0 Å². The first-order valence-corrected chi connectivity index (χ1v) is 6.69. The normalized spacial score (nSPS) is 16.4. The monoisotopic (exact) mass is 288 g/mol. The summed E-state index contributed by atoms with van der Waals surface area (Å²) in [5.41, 5.74) is 1.06. The van der Waals surface area contributed by atoms with Crippen LogP contribution in [0.15, 0.2) is 30.3 Å². The van der Waals surface area contributed by atoms with E-state index in [9.17, 15) is 0 Å². The Balaban J connectivity index is 1.98. The average molecular weight is 288 g/mol. The first kappa shape index (κ1) is 11.1. The molecule has 4 heteroatoms. The fourth-order valence-electron chi connectivity index (χ4n) is 2.07. The van der Waals surface area contributed by atoms with E-state index in [4.69, 9.17) is 9.72 Å². The van der Waals surface area contributed by atoms with Crippen LogP contribution < -0.4 is 9.25 Å². The van der Waals surface area contributed by atoms with Crippen LogP contribution in [0.25, 0.3) is 10.9 Å². The SMILES string of the molecule is [As]c1ccc2nc(N3CCOCC3)ccc2c1. The molecule has 3 nitrogen and oxygen atoms in total. The zero-order valence-corrected chi connectivity index (χ0v) is 11.3. The van der Waals surface area contributed by atoms with Crippen molar-refractivity contribution < 1.29 is 4.74 Å². The molecular weight excluding hydrogens is 275 g/mol. The van der Waals surface area contributed by atoms with Gasteiger partial charge in [-0.2, -0.15) is 0 Å². The second kappa shape index (κ2) is 4.67. The third kappa shape index (κ3) is 2.31. The van der Waals surface area contributed by atoms with Crippen LogP contribution in [0.3, 0.4) is 0 Å². The van der Waals surface area contributed by atoms with Gasteiger partial charge >= 0.3 is 109 Å². The number of hydrogen-bond donors (Lipinski definition) is 0. The fourth-order valence-corrected chi connectivity index (χ4v) is 2.52. The number of anilines is 1. The molecule has 0 atom stereocenters. The van der Waals surface area contributed by atoms with Gasteiger partial charge < -0.3 is 0 Å². The summed E-state index contributed by atoms with van der Waals surface area (Å²) in [7, 11) is 0. The Morgan fingerprint density at radius 1 is 1.12 bits per heavy atom. The Bertz CT molecular complexity index is 538. The van der Waals surface area contributed by atoms with Gasteiger partial charge in [0.25, 0.3) is 0 Å². The van der Waals surface area contributed by atoms with Gasteiger partial charge in [-0.05, 0) is 0 Å². The molecule has 1 aliphatic heterocycles. The van der Waals surface area contributed by atoms with Crippen molar-refractivity contribution in [3.8, 4) is 0 Å². The number of nitrogens with zero attached hydrogens (tertiary/aromatic N) is 2. The van der Waals surface area contributed by atoms with Gasteiger partial charge in [0.1, 0.15) is 0 Å². The van der Waals surface area contributed by atoms with Gasteiger partial charge in [0.15, 0.2) is 0 Å². The van der Waals surface area contributed by atoms with E-state index < -0.39 is 0 Å². The molecule has 0 amide bonds. The van der Waals surface area contributed by atoms with Crippen molar-refractivity contribution >= 4 is 37.9 Å². The molecule has 2 aromatic rings. The second-order valence-electron chi connectivity index (χ2n) is 4.15. The van der Waals surface area contributed by atoms with E-state index in [1.807, 2.05) is 0 Å². The van der Waals surface area contributed by atoms with Crippen molar-refractivity contribution in [2.24, 2.45) is 0 Å². The summed E-state index contributed by atoms with van der Waals surface area (Å²) >= 11 is 2.56. The van der Waals surface area contributed by atoms with E-state index in [0.717, 1.165) is 37.6 Å². The third-order valence-electron chi connectivity index (χ3n) is 2.99. The number of rotatable bonds is 1. The summed E-state index contributed by atoms with van der Waals surface area (Å²) < 4.78 is 6.57. The number of benzene rings is 1. The zero-order valence-electron chi connectivity index (χ0n) is 9.47. The number of fused-ring (bicyclic) bond motifs is 1. The Hall–Kier alpha value is -1.05. The van der Waals surface area contributed by atoms with Gasteiger partial charge in [-0.15, -0.1) is 0 Å². The first-order chi connectivity index (χ1) is 8.33. The van der Waals surface area contributed by atoms with Gasteiger partial charge in [-0.25, -0.2) is 0 Å². The third-order valence-corrected chi connectivity index (χ3v) is 3.58. The van der Waals surface area contributed by atoms with Crippen LogP contribution in [0.5, 0.6) is 0 Å². The van der Waals surface area contributed by atoms with Crippen LogP contribution in [-0.4, -0.2) is 48.1 Å². The summed E-state index contributed by atoms with van der Waals surface area (Å²) in [5.74, 6) is 1.05. The topological polar surface area (TPSA) is 25.4 Å². The molecule has 1 fully saturated rings. The number of ether oxygens (including phenoxy) is 1.